The Labute approximate surface area is 124 Å². The van der Waals surface area contributed by atoms with E-state index in [1.807, 2.05) is 0 Å². The first kappa shape index (κ1) is 14.3. The summed E-state index contributed by atoms with van der Waals surface area (Å²) >= 11 is 9.09. The Morgan fingerprint density at radius 1 is 1.16 bits per heavy atom. The van der Waals surface area contributed by atoms with Crippen LogP contribution in [0.5, 0.6) is 5.75 Å². The maximum atomic E-state index is 13.6. The van der Waals surface area contributed by atoms with Crippen LogP contribution in [0.1, 0.15) is 11.1 Å². The van der Waals surface area contributed by atoms with Crippen LogP contribution in [0.3, 0.4) is 0 Å². The molecule has 0 amide bonds. The van der Waals surface area contributed by atoms with Gasteiger partial charge in [-0.2, -0.15) is 0 Å². The van der Waals surface area contributed by atoms with E-state index < -0.39 is 0 Å². The Balaban J connectivity index is 2.14. The fourth-order valence-corrected chi connectivity index (χ4v) is 2.17. The standard InChI is InChI=1S/C14H12BrClFNO/c15-11-2-1-9(13(17)6-11)8-19-14-4-3-12(16)5-10(14)7-18/h1-6H,7-8,18H2. The van der Waals surface area contributed by atoms with E-state index in [9.17, 15) is 4.39 Å². The third-order valence-electron chi connectivity index (χ3n) is 2.64. The Morgan fingerprint density at radius 3 is 2.63 bits per heavy atom. The molecular weight excluding hydrogens is 333 g/mol. The second kappa shape index (κ2) is 6.37. The highest BCUT2D eigenvalue weighted by Crippen LogP contribution is 2.24. The Hall–Kier alpha value is -1.10. The SMILES string of the molecule is NCc1cc(Cl)ccc1OCc1ccc(Br)cc1F. The largest absolute Gasteiger partial charge is 0.488 e. The zero-order valence-electron chi connectivity index (χ0n) is 10.00. The number of nitrogens with two attached hydrogens (primary N) is 1. The van der Waals surface area contributed by atoms with Crippen molar-refractivity contribution in [3.63, 3.8) is 0 Å². The summed E-state index contributed by atoms with van der Waals surface area (Å²) in [5, 5.41) is 0.600. The van der Waals surface area contributed by atoms with Crippen LogP contribution in [-0.4, -0.2) is 0 Å². The lowest BCUT2D eigenvalue weighted by Gasteiger charge is -2.11. The third kappa shape index (κ3) is 3.69. The lowest BCUT2D eigenvalue weighted by molar-refractivity contribution is 0.297. The predicted octanol–water partition coefficient (Wildman–Crippen LogP) is 4.28. The van der Waals surface area contributed by atoms with Gasteiger partial charge in [-0.15, -0.1) is 0 Å². The number of halogens is 3. The summed E-state index contributed by atoms with van der Waals surface area (Å²) in [4.78, 5) is 0. The lowest BCUT2D eigenvalue weighted by Crippen LogP contribution is -2.04. The summed E-state index contributed by atoms with van der Waals surface area (Å²) < 4.78 is 19.9. The smallest absolute Gasteiger partial charge is 0.130 e. The van der Waals surface area contributed by atoms with Crippen LogP contribution in [-0.2, 0) is 13.2 Å². The maximum Gasteiger partial charge on any atom is 0.130 e. The van der Waals surface area contributed by atoms with E-state index in [1.54, 1.807) is 30.3 Å². The van der Waals surface area contributed by atoms with Crippen LogP contribution >= 0.6 is 27.5 Å². The molecule has 0 heterocycles. The van der Waals surface area contributed by atoms with Gasteiger partial charge in [0.15, 0.2) is 0 Å². The molecule has 0 fully saturated rings. The molecular formula is C14H12BrClFNO. The molecule has 2 rings (SSSR count). The predicted molar refractivity (Wildman–Crippen MR) is 77.8 cm³/mol. The fourth-order valence-electron chi connectivity index (χ4n) is 1.64. The summed E-state index contributed by atoms with van der Waals surface area (Å²) in [6, 6.07) is 10.1. The van der Waals surface area contributed by atoms with Gasteiger partial charge in [0.25, 0.3) is 0 Å². The molecule has 19 heavy (non-hydrogen) atoms. The van der Waals surface area contributed by atoms with Gasteiger partial charge < -0.3 is 10.5 Å². The van der Waals surface area contributed by atoms with Gasteiger partial charge in [-0.1, -0.05) is 33.6 Å². The van der Waals surface area contributed by atoms with Gasteiger partial charge in [-0.3, -0.25) is 0 Å². The van der Waals surface area contributed by atoms with Crippen LogP contribution in [0.4, 0.5) is 4.39 Å². The van der Waals surface area contributed by atoms with E-state index >= 15 is 0 Å². The van der Waals surface area contributed by atoms with Gasteiger partial charge in [0.2, 0.25) is 0 Å². The van der Waals surface area contributed by atoms with Crippen molar-refractivity contribution in [2.24, 2.45) is 5.73 Å². The van der Waals surface area contributed by atoms with Crippen LogP contribution in [0.25, 0.3) is 0 Å². The van der Waals surface area contributed by atoms with Crippen LogP contribution in [0, 0.1) is 5.82 Å². The molecule has 0 saturated heterocycles. The fraction of sp³-hybridized carbons (Fsp3) is 0.143. The monoisotopic (exact) mass is 343 g/mol. The van der Waals surface area contributed by atoms with Crippen molar-refractivity contribution in [1.82, 2.24) is 0 Å². The van der Waals surface area contributed by atoms with E-state index in [0.717, 1.165) is 5.56 Å². The Kier molecular flexibility index (Phi) is 4.80. The number of ether oxygens (including phenoxy) is 1. The van der Waals surface area contributed by atoms with Crippen molar-refractivity contribution in [1.29, 1.82) is 0 Å². The molecule has 0 aromatic heterocycles. The molecule has 0 aliphatic carbocycles. The molecule has 5 heteroatoms. The maximum absolute atomic E-state index is 13.6. The molecule has 0 spiro atoms. The topological polar surface area (TPSA) is 35.2 Å². The Morgan fingerprint density at radius 2 is 1.95 bits per heavy atom. The third-order valence-corrected chi connectivity index (χ3v) is 3.37. The van der Waals surface area contributed by atoms with Gasteiger partial charge in [0, 0.05) is 27.2 Å². The average molecular weight is 345 g/mol. The number of rotatable bonds is 4. The molecule has 100 valence electrons. The first-order valence-electron chi connectivity index (χ1n) is 5.65. The molecule has 2 aromatic carbocycles. The van der Waals surface area contributed by atoms with E-state index in [4.69, 9.17) is 22.1 Å². The van der Waals surface area contributed by atoms with Gasteiger partial charge in [-0.25, -0.2) is 4.39 Å². The second-order valence-corrected chi connectivity index (χ2v) is 5.33. The first-order chi connectivity index (χ1) is 9.10. The number of hydrogen-bond acceptors (Lipinski definition) is 2. The van der Waals surface area contributed by atoms with Gasteiger partial charge in [0.05, 0.1) is 0 Å². The molecule has 0 saturated carbocycles. The molecule has 0 radical (unpaired) electrons. The molecule has 0 aliphatic rings. The molecule has 0 bridgehead atoms. The first-order valence-corrected chi connectivity index (χ1v) is 6.82. The molecule has 0 unspecified atom stereocenters. The van der Waals surface area contributed by atoms with E-state index in [1.165, 1.54) is 6.07 Å². The van der Waals surface area contributed by atoms with Crippen LogP contribution < -0.4 is 10.5 Å². The van der Waals surface area contributed by atoms with E-state index in [0.29, 0.717) is 27.4 Å². The van der Waals surface area contributed by atoms with Crippen molar-refractivity contribution in [2.75, 3.05) is 0 Å². The molecule has 0 atom stereocenters. The summed E-state index contributed by atoms with van der Waals surface area (Å²) in [6.07, 6.45) is 0. The van der Waals surface area contributed by atoms with E-state index in [2.05, 4.69) is 15.9 Å². The summed E-state index contributed by atoms with van der Waals surface area (Å²) in [7, 11) is 0. The highest BCUT2D eigenvalue weighted by atomic mass is 79.9. The number of hydrogen-bond donors (Lipinski definition) is 1. The average Bonchev–Trinajstić information content (AvgIpc) is 2.39. The van der Waals surface area contributed by atoms with Crippen LogP contribution in [0.15, 0.2) is 40.9 Å². The molecule has 0 aliphatic heterocycles. The van der Waals surface area contributed by atoms with Gasteiger partial charge >= 0.3 is 0 Å². The lowest BCUT2D eigenvalue weighted by atomic mass is 10.2. The summed E-state index contributed by atoms with van der Waals surface area (Å²) in [5.74, 6) is 0.312. The van der Waals surface area contributed by atoms with Gasteiger partial charge in [0.1, 0.15) is 18.2 Å². The highest BCUT2D eigenvalue weighted by molar-refractivity contribution is 9.10. The number of benzene rings is 2. The quantitative estimate of drug-likeness (QED) is 0.898. The zero-order valence-corrected chi connectivity index (χ0v) is 12.3. The van der Waals surface area contributed by atoms with Crippen molar-refractivity contribution in [3.05, 3.63) is 62.8 Å². The summed E-state index contributed by atoms with van der Waals surface area (Å²) in [6.45, 7) is 0.465. The van der Waals surface area contributed by atoms with Crippen LogP contribution in [0.2, 0.25) is 5.02 Å². The Bertz CT molecular complexity index is 592. The minimum atomic E-state index is -0.308. The van der Waals surface area contributed by atoms with E-state index in [-0.39, 0.29) is 12.4 Å². The van der Waals surface area contributed by atoms with Crippen molar-refractivity contribution >= 4 is 27.5 Å². The molecule has 2 nitrogen and oxygen atoms in total. The molecule has 2 aromatic rings. The highest BCUT2D eigenvalue weighted by Gasteiger charge is 2.07. The van der Waals surface area contributed by atoms with Crippen molar-refractivity contribution < 1.29 is 9.13 Å². The zero-order chi connectivity index (χ0) is 13.8. The summed E-state index contributed by atoms with van der Waals surface area (Å²) in [5.41, 5.74) is 6.90. The molecule has 2 N–H and O–H groups in total. The minimum absolute atomic E-state index is 0.147. The normalized spacial score (nSPS) is 10.5. The van der Waals surface area contributed by atoms with Crippen molar-refractivity contribution in [2.45, 2.75) is 13.2 Å². The second-order valence-electron chi connectivity index (χ2n) is 3.98. The van der Waals surface area contributed by atoms with Gasteiger partial charge in [-0.05, 0) is 30.3 Å². The minimum Gasteiger partial charge on any atom is -0.488 e. The van der Waals surface area contributed by atoms with Crippen molar-refractivity contribution in [3.8, 4) is 5.75 Å².